The fourth-order valence-corrected chi connectivity index (χ4v) is 3.54. The Morgan fingerprint density at radius 1 is 1.10 bits per heavy atom. The first kappa shape index (κ1) is 18.9. The van der Waals surface area contributed by atoms with E-state index in [4.69, 9.17) is 0 Å². The third-order valence-corrected chi connectivity index (χ3v) is 5.03. The molecule has 0 aliphatic heterocycles. The molecule has 0 bridgehead atoms. The van der Waals surface area contributed by atoms with Gasteiger partial charge in [-0.05, 0) is 44.9 Å². The van der Waals surface area contributed by atoms with Crippen molar-refractivity contribution < 1.29 is 4.79 Å². The van der Waals surface area contributed by atoms with E-state index in [9.17, 15) is 4.79 Å². The molecule has 0 aliphatic carbocycles. The number of benzene rings is 1. The molecule has 29 heavy (non-hydrogen) atoms. The smallest absolute Gasteiger partial charge is 0.257 e. The third-order valence-electron chi connectivity index (χ3n) is 5.03. The molecule has 0 fully saturated rings. The molecule has 3 heterocycles. The molecule has 3 aromatic heterocycles. The highest BCUT2D eigenvalue weighted by atomic mass is 16.1. The number of aromatic nitrogens is 5. The monoisotopic (exact) mass is 388 g/mol. The van der Waals surface area contributed by atoms with Gasteiger partial charge in [0.2, 0.25) is 0 Å². The first-order chi connectivity index (χ1) is 14.0. The number of nitrogens with zero attached hydrogens (tertiary/aromatic N) is 5. The average molecular weight is 388 g/mol. The summed E-state index contributed by atoms with van der Waals surface area (Å²) in [5, 5.41) is 12.7. The summed E-state index contributed by atoms with van der Waals surface area (Å²) in [5.74, 6) is 0.312. The Balaban J connectivity index is 1.60. The second kappa shape index (κ2) is 7.50. The number of anilines is 1. The standard InChI is InChI=1S/C22H24N6O/c1-5-28-21-20(16(4)25-28)18(12-15(3)23-21)22(29)24-19-10-11-27(26-19)13-17-9-7-6-8-14(17)2/h6-12H,5,13H2,1-4H3,(H,24,26,29). The van der Waals surface area contributed by atoms with Gasteiger partial charge in [-0.25, -0.2) is 9.67 Å². The number of carbonyl (C=O) groups excluding carboxylic acids is 1. The van der Waals surface area contributed by atoms with Gasteiger partial charge in [0.15, 0.2) is 11.5 Å². The van der Waals surface area contributed by atoms with E-state index in [0.29, 0.717) is 24.5 Å². The lowest BCUT2D eigenvalue weighted by atomic mass is 10.1. The molecule has 0 saturated carbocycles. The summed E-state index contributed by atoms with van der Waals surface area (Å²) in [7, 11) is 0. The highest BCUT2D eigenvalue weighted by molar-refractivity contribution is 6.12. The van der Waals surface area contributed by atoms with Crippen LogP contribution >= 0.6 is 0 Å². The zero-order chi connectivity index (χ0) is 20.5. The maximum Gasteiger partial charge on any atom is 0.257 e. The summed E-state index contributed by atoms with van der Waals surface area (Å²) in [5.41, 5.74) is 5.29. The van der Waals surface area contributed by atoms with E-state index in [2.05, 4.69) is 39.6 Å². The first-order valence-electron chi connectivity index (χ1n) is 9.70. The minimum atomic E-state index is -0.208. The van der Waals surface area contributed by atoms with Crippen LogP contribution in [-0.4, -0.2) is 30.5 Å². The van der Waals surface area contributed by atoms with E-state index in [-0.39, 0.29) is 5.91 Å². The Labute approximate surface area is 169 Å². The van der Waals surface area contributed by atoms with Gasteiger partial charge >= 0.3 is 0 Å². The van der Waals surface area contributed by atoms with Crippen LogP contribution in [-0.2, 0) is 13.1 Å². The fourth-order valence-electron chi connectivity index (χ4n) is 3.54. The van der Waals surface area contributed by atoms with Gasteiger partial charge < -0.3 is 5.32 Å². The van der Waals surface area contributed by atoms with Gasteiger partial charge in [-0.3, -0.25) is 9.48 Å². The molecule has 1 aromatic carbocycles. The molecule has 0 saturated heterocycles. The molecule has 148 valence electrons. The number of amides is 1. The summed E-state index contributed by atoms with van der Waals surface area (Å²) in [6.07, 6.45) is 1.87. The van der Waals surface area contributed by atoms with Gasteiger partial charge in [0, 0.05) is 24.5 Å². The maximum atomic E-state index is 13.0. The Morgan fingerprint density at radius 2 is 1.90 bits per heavy atom. The van der Waals surface area contributed by atoms with Crippen LogP contribution in [0.5, 0.6) is 0 Å². The van der Waals surface area contributed by atoms with Gasteiger partial charge in [0.25, 0.3) is 5.91 Å². The number of nitrogens with one attached hydrogen (secondary N) is 1. The van der Waals surface area contributed by atoms with Crippen molar-refractivity contribution in [3.05, 3.63) is 70.7 Å². The molecule has 1 amide bonds. The van der Waals surface area contributed by atoms with Crippen LogP contribution in [0, 0.1) is 20.8 Å². The van der Waals surface area contributed by atoms with Crippen LogP contribution in [0.25, 0.3) is 11.0 Å². The van der Waals surface area contributed by atoms with Crippen molar-refractivity contribution in [3.8, 4) is 0 Å². The van der Waals surface area contributed by atoms with E-state index < -0.39 is 0 Å². The molecule has 0 unspecified atom stereocenters. The van der Waals surface area contributed by atoms with E-state index in [1.54, 1.807) is 6.07 Å². The number of hydrogen-bond donors (Lipinski definition) is 1. The quantitative estimate of drug-likeness (QED) is 0.563. The average Bonchev–Trinajstić information content (AvgIpc) is 3.26. The molecule has 7 heteroatoms. The Morgan fingerprint density at radius 3 is 2.66 bits per heavy atom. The van der Waals surface area contributed by atoms with Crippen molar-refractivity contribution in [1.29, 1.82) is 0 Å². The SMILES string of the molecule is CCn1nc(C)c2c(C(=O)Nc3ccn(Cc4ccccc4C)n3)cc(C)nc21. The highest BCUT2D eigenvalue weighted by Gasteiger charge is 2.19. The molecular weight excluding hydrogens is 364 g/mol. The largest absolute Gasteiger partial charge is 0.305 e. The van der Waals surface area contributed by atoms with E-state index in [1.165, 1.54) is 11.1 Å². The van der Waals surface area contributed by atoms with Crippen LogP contribution in [0.15, 0.2) is 42.6 Å². The summed E-state index contributed by atoms with van der Waals surface area (Å²) < 4.78 is 3.65. The molecule has 0 aliphatic rings. The number of hydrogen-bond acceptors (Lipinski definition) is 4. The summed E-state index contributed by atoms with van der Waals surface area (Å²) >= 11 is 0. The molecule has 1 N–H and O–H groups in total. The zero-order valence-electron chi connectivity index (χ0n) is 17.1. The number of pyridine rings is 1. The second-order valence-electron chi connectivity index (χ2n) is 7.19. The van der Waals surface area contributed by atoms with Crippen molar-refractivity contribution in [2.75, 3.05) is 5.32 Å². The van der Waals surface area contributed by atoms with Crippen LogP contribution < -0.4 is 5.32 Å². The van der Waals surface area contributed by atoms with E-state index >= 15 is 0 Å². The van der Waals surface area contributed by atoms with Crippen molar-refractivity contribution >= 4 is 22.8 Å². The van der Waals surface area contributed by atoms with Gasteiger partial charge in [-0.1, -0.05) is 24.3 Å². The topological polar surface area (TPSA) is 77.6 Å². The molecule has 0 spiro atoms. The summed E-state index contributed by atoms with van der Waals surface area (Å²) in [4.78, 5) is 17.6. The Bertz CT molecular complexity index is 1200. The van der Waals surface area contributed by atoms with Crippen LogP contribution in [0.1, 0.15) is 39.8 Å². The first-order valence-corrected chi connectivity index (χ1v) is 9.70. The van der Waals surface area contributed by atoms with Gasteiger partial charge in [-0.15, -0.1) is 0 Å². The lowest BCUT2D eigenvalue weighted by Crippen LogP contribution is -2.14. The van der Waals surface area contributed by atoms with Gasteiger partial charge in [0.05, 0.1) is 23.2 Å². The lowest BCUT2D eigenvalue weighted by Gasteiger charge is -2.07. The number of carbonyl (C=O) groups is 1. The van der Waals surface area contributed by atoms with Crippen molar-refractivity contribution in [3.63, 3.8) is 0 Å². The molecule has 4 aromatic rings. The predicted octanol–water partition coefficient (Wildman–Crippen LogP) is 3.87. The number of aryl methyl sites for hydroxylation is 4. The molecule has 4 rings (SSSR count). The lowest BCUT2D eigenvalue weighted by molar-refractivity contribution is 0.102. The number of fused-ring (bicyclic) bond motifs is 1. The Hall–Kier alpha value is -3.48. The fraction of sp³-hybridized carbons (Fsp3) is 0.273. The number of rotatable bonds is 5. The summed E-state index contributed by atoms with van der Waals surface area (Å²) in [6.45, 7) is 9.23. The predicted molar refractivity (Wildman–Crippen MR) is 113 cm³/mol. The molecule has 7 nitrogen and oxygen atoms in total. The molecular formula is C22H24N6O. The second-order valence-corrected chi connectivity index (χ2v) is 7.19. The van der Waals surface area contributed by atoms with Crippen LogP contribution in [0.3, 0.4) is 0 Å². The Kier molecular flexibility index (Phi) is 4.88. The van der Waals surface area contributed by atoms with Crippen LogP contribution in [0.2, 0.25) is 0 Å². The normalized spacial score (nSPS) is 11.2. The van der Waals surface area contributed by atoms with E-state index in [1.807, 2.05) is 54.5 Å². The van der Waals surface area contributed by atoms with Gasteiger partial charge in [0.1, 0.15) is 0 Å². The van der Waals surface area contributed by atoms with Crippen molar-refractivity contribution in [2.24, 2.45) is 0 Å². The van der Waals surface area contributed by atoms with Crippen LogP contribution in [0.4, 0.5) is 5.82 Å². The maximum absolute atomic E-state index is 13.0. The van der Waals surface area contributed by atoms with Crippen molar-refractivity contribution in [2.45, 2.75) is 40.8 Å². The third kappa shape index (κ3) is 3.63. The molecule has 0 atom stereocenters. The summed E-state index contributed by atoms with van der Waals surface area (Å²) in [6, 6.07) is 11.8. The minimum absolute atomic E-state index is 0.208. The van der Waals surface area contributed by atoms with E-state index in [0.717, 1.165) is 22.4 Å². The highest BCUT2D eigenvalue weighted by Crippen LogP contribution is 2.23. The van der Waals surface area contributed by atoms with Gasteiger partial charge in [-0.2, -0.15) is 10.2 Å². The minimum Gasteiger partial charge on any atom is -0.305 e. The zero-order valence-corrected chi connectivity index (χ0v) is 17.1. The molecule has 0 radical (unpaired) electrons. The van der Waals surface area contributed by atoms with Crippen molar-refractivity contribution in [1.82, 2.24) is 24.5 Å².